The molecule has 2 rings (SSSR count). The lowest BCUT2D eigenvalue weighted by Gasteiger charge is -2.09. The summed E-state index contributed by atoms with van der Waals surface area (Å²) >= 11 is 10.1. The average molecular weight is 250 g/mol. The summed E-state index contributed by atoms with van der Waals surface area (Å²) in [5.74, 6) is 0. The third-order valence-corrected chi connectivity index (χ3v) is 2.63. The Hall–Kier alpha value is -1.19. The molecule has 81 valence electrons. The zero-order chi connectivity index (χ0) is 11.5. The molecule has 0 aliphatic rings. The third kappa shape index (κ3) is 2.68. The molecule has 0 unspecified atom stereocenters. The first-order chi connectivity index (χ1) is 7.65. The van der Waals surface area contributed by atoms with Gasteiger partial charge in [-0.25, -0.2) is 4.98 Å². The minimum Gasteiger partial charge on any atom is -0.355 e. The van der Waals surface area contributed by atoms with Crippen LogP contribution in [0.3, 0.4) is 0 Å². The summed E-state index contributed by atoms with van der Waals surface area (Å²) in [6.07, 6.45) is 1.59. The van der Waals surface area contributed by atoms with Gasteiger partial charge in [0.1, 0.15) is 0 Å². The SMILES string of the molecule is Cc1cc(Cl)ccc1Nc1[c]cnc(S)c1. The van der Waals surface area contributed by atoms with Crippen molar-refractivity contribution in [3.63, 3.8) is 0 Å². The number of halogens is 1. The second kappa shape index (κ2) is 4.76. The fourth-order valence-corrected chi connectivity index (χ4v) is 1.77. The Bertz CT molecular complexity index is 514. The van der Waals surface area contributed by atoms with Gasteiger partial charge in [0.2, 0.25) is 0 Å². The van der Waals surface area contributed by atoms with Crippen LogP contribution in [0.4, 0.5) is 11.4 Å². The predicted octanol–water partition coefficient (Wildman–Crippen LogP) is 3.88. The standard InChI is InChI=1S/C12H10ClN2S/c1-8-6-9(13)2-3-11(8)15-10-4-5-14-12(16)7-10/h2-3,5-7H,1H3,(H2,14,15,16). The molecule has 1 heterocycles. The van der Waals surface area contributed by atoms with Crippen LogP contribution >= 0.6 is 24.2 Å². The number of thiol groups is 1. The Balaban J connectivity index is 2.27. The minimum atomic E-state index is 0.660. The van der Waals surface area contributed by atoms with Crippen molar-refractivity contribution in [2.45, 2.75) is 11.9 Å². The van der Waals surface area contributed by atoms with E-state index in [1.165, 1.54) is 0 Å². The Labute approximate surface area is 105 Å². The lowest BCUT2D eigenvalue weighted by atomic mass is 10.2. The van der Waals surface area contributed by atoms with Gasteiger partial charge in [0, 0.05) is 23.0 Å². The van der Waals surface area contributed by atoms with E-state index < -0.39 is 0 Å². The summed E-state index contributed by atoms with van der Waals surface area (Å²) in [6.45, 7) is 2.00. The van der Waals surface area contributed by atoms with Crippen molar-refractivity contribution in [2.24, 2.45) is 0 Å². The largest absolute Gasteiger partial charge is 0.355 e. The molecule has 2 aromatic rings. The Morgan fingerprint density at radius 3 is 2.88 bits per heavy atom. The van der Waals surface area contributed by atoms with Crippen LogP contribution in [-0.2, 0) is 0 Å². The van der Waals surface area contributed by atoms with E-state index in [2.05, 4.69) is 29.0 Å². The van der Waals surface area contributed by atoms with E-state index >= 15 is 0 Å². The number of rotatable bonds is 2. The van der Waals surface area contributed by atoms with E-state index in [1.807, 2.05) is 31.2 Å². The molecular formula is C12H10ClN2S. The monoisotopic (exact) mass is 249 g/mol. The van der Waals surface area contributed by atoms with Gasteiger partial charge in [0.05, 0.1) is 10.7 Å². The number of nitrogens with zero attached hydrogens (tertiary/aromatic N) is 1. The van der Waals surface area contributed by atoms with Crippen LogP contribution in [0.1, 0.15) is 5.56 Å². The van der Waals surface area contributed by atoms with Crippen LogP contribution < -0.4 is 5.32 Å². The topological polar surface area (TPSA) is 24.9 Å². The number of benzene rings is 1. The van der Waals surface area contributed by atoms with Crippen molar-refractivity contribution < 1.29 is 0 Å². The molecule has 0 saturated heterocycles. The number of anilines is 2. The maximum absolute atomic E-state index is 5.89. The van der Waals surface area contributed by atoms with E-state index in [0.717, 1.165) is 22.0 Å². The van der Waals surface area contributed by atoms with E-state index in [0.29, 0.717) is 5.03 Å². The van der Waals surface area contributed by atoms with Crippen molar-refractivity contribution in [3.05, 3.63) is 47.1 Å². The molecule has 1 radical (unpaired) electrons. The van der Waals surface area contributed by atoms with Gasteiger partial charge in [-0.05, 0) is 36.8 Å². The van der Waals surface area contributed by atoms with Gasteiger partial charge in [0.15, 0.2) is 0 Å². The number of hydrogen-bond acceptors (Lipinski definition) is 3. The highest BCUT2D eigenvalue weighted by atomic mass is 35.5. The summed E-state index contributed by atoms with van der Waals surface area (Å²) in [4.78, 5) is 3.97. The molecule has 0 atom stereocenters. The highest BCUT2D eigenvalue weighted by molar-refractivity contribution is 7.80. The van der Waals surface area contributed by atoms with Crippen LogP contribution in [-0.4, -0.2) is 4.98 Å². The highest BCUT2D eigenvalue weighted by Crippen LogP contribution is 2.23. The van der Waals surface area contributed by atoms with Crippen molar-refractivity contribution in [1.29, 1.82) is 0 Å². The molecule has 4 heteroatoms. The lowest BCUT2D eigenvalue weighted by molar-refractivity contribution is 1.14. The van der Waals surface area contributed by atoms with Gasteiger partial charge in [-0.1, -0.05) is 11.6 Å². The molecule has 0 aliphatic heterocycles. The first-order valence-electron chi connectivity index (χ1n) is 4.75. The third-order valence-electron chi connectivity index (χ3n) is 2.15. The highest BCUT2D eigenvalue weighted by Gasteiger charge is 2.00. The maximum Gasteiger partial charge on any atom is 0.0950 e. The molecular weight excluding hydrogens is 240 g/mol. The van der Waals surface area contributed by atoms with Crippen LogP contribution in [0, 0.1) is 13.0 Å². The summed E-state index contributed by atoms with van der Waals surface area (Å²) in [6, 6.07) is 10.5. The molecule has 1 N–H and O–H groups in total. The zero-order valence-corrected chi connectivity index (χ0v) is 10.3. The normalized spacial score (nSPS) is 10.2. The second-order valence-corrected chi connectivity index (χ2v) is 4.30. The van der Waals surface area contributed by atoms with Gasteiger partial charge < -0.3 is 5.32 Å². The lowest BCUT2D eigenvalue weighted by Crippen LogP contribution is -1.93. The average Bonchev–Trinajstić information content (AvgIpc) is 2.22. The molecule has 1 aromatic heterocycles. The van der Waals surface area contributed by atoms with E-state index in [-0.39, 0.29) is 0 Å². The quantitative estimate of drug-likeness (QED) is 0.790. The summed E-state index contributed by atoms with van der Waals surface area (Å²) in [7, 11) is 0. The van der Waals surface area contributed by atoms with Crippen LogP contribution in [0.2, 0.25) is 5.02 Å². The molecule has 0 saturated carbocycles. The second-order valence-electron chi connectivity index (χ2n) is 3.40. The molecule has 0 fully saturated rings. The molecule has 16 heavy (non-hydrogen) atoms. The molecule has 0 bridgehead atoms. The van der Waals surface area contributed by atoms with Crippen molar-refractivity contribution >= 4 is 35.6 Å². The van der Waals surface area contributed by atoms with E-state index in [4.69, 9.17) is 11.6 Å². The Kier molecular flexibility index (Phi) is 3.36. The minimum absolute atomic E-state index is 0.660. The maximum atomic E-state index is 5.89. The number of nitrogens with one attached hydrogen (secondary N) is 1. The molecule has 1 aromatic carbocycles. The van der Waals surface area contributed by atoms with E-state index in [9.17, 15) is 0 Å². The molecule has 0 amide bonds. The summed E-state index contributed by atoms with van der Waals surface area (Å²) in [5, 5.41) is 4.63. The van der Waals surface area contributed by atoms with Gasteiger partial charge in [-0.3, -0.25) is 0 Å². The molecule has 2 nitrogen and oxygen atoms in total. The number of aryl methyl sites for hydroxylation is 1. The van der Waals surface area contributed by atoms with Crippen LogP contribution in [0.5, 0.6) is 0 Å². The predicted molar refractivity (Wildman–Crippen MR) is 69.8 cm³/mol. The van der Waals surface area contributed by atoms with Crippen molar-refractivity contribution in [1.82, 2.24) is 4.98 Å². The smallest absolute Gasteiger partial charge is 0.0950 e. The van der Waals surface area contributed by atoms with Crippen molar-refractivity contribution in [3.8, 4) is 0 Å². The number of pyridine rings is 1. The first kappa shape index (κ1) is 11.3. The zero-order valence-electron chi connectivity index (χ0n) is 8.66. The van der Waals surface area contributed by atoms with Crippen LogP contribution in [0.15, 0.2) is 35.5 Å². The Morgan fingerprint density at radius 2 is 2.19 bits per heavy atom. The number of hydrogen-bond donors (Lipinski definition) is 2. The molecule has 0 aliphatic carbocycles. The van der Waals surface area contributed by atoms with Gasteiger partial charge in [-0.2, -0.15) is 0 Å². The fourth-order valence-electron chi connectivity index (χ4n) is 1.36. The molecule has 0 spiro atoms. The van der Waals surface area contributed by atoms with Gasteiger partial charge in [0.25, 0.3) is 0 Å². The number of aromatic nitrogens is 1. The van der Waals surface area contributed by atoms with Crippen LogP contribution in [0.25, 0.3) is 0 Å². The van der Waals surface area contributed by atoms with Gasteiger partial charge in [-0.15, -0.1) is 12.6 Å². The summed E-state index contributed by atoms with van der Waals surface area (Å²) in [5.41, 5.74) is 2.92. The first-order valence-corrected chi connectivity index (χ1v) is 5.57. The summed E-state index contributed by atoms with van der Waals surface area (Å²) < 4.78 is 0. The van der Waals surface area contributed by atoms with Crippen molar-refractivity contribution in [2.75, 3.05) is 5.32 Å². The van der Waals surface area contributed by atoms with Gasteiger partial charge >= 0.3 is 0 Å². The van der Waals surface area contributed by atoms with E-state index in [1.54, 1.807) is 6.20 Å². The fraction of sp³-hybridized carbons (Fsp3) is 0.0833. The Morgan fingerprint density at radius 1 is 1.38 bits per heavy atom.